The van der Waals surface area contributed by atoms with Crippen molar-refractivity contribution < 1.29 is 9.90 Å². The molecule has 1 atom stereocenters. The third-order valence-electron chi connectivity index (χ3n) is 1.38. The molecule has 0 saturated heterocycles. The van der Waals surface area contributed by atoms with Gasteiger partial charge >= 0.3 is 5.97 Å². The Labute approximate surface area is 57.9 Å². The molecule has 1 unspecified atom stereocenters. The zero-order chi connectivity index (χ0) is 6.91. The first-order valence-electron chi connectivity index (χ1n) is 2.71. The van der Waals surface area contributed by atoms with Crippen molar-refractivity contribution in [2.75, 3.05) is 0 Å². The Hall–Kier alpha value is -0.440. The molecule has 1 aliphatic rings. The van der Waals surface area contributed by atoms with Gasteiger partial charge in [0.1, 0.15) is 4.75 Å². The minimum absolute atomic E-state index is 0.583. The van der Waals surface area contributed by atoms with Crippen LogP contribution in [0.3, 0.4) is 0 Å². The van der Waals surface area contributed by atoms with Crippen LogP contribution in [-0.4, -0.2) is 15.8 Å². The van der Waals surface area contributed by atoms with E-state index in [1.54, 1.807) is 6.92 Å². The number of thioether (sulfide) groups is 1. The summed E-state index contributed by atoms with van der Waals surface area (Å²) in [4.78, 5) is 10.5. The summed E-state index contributed by atoms with van der Waals surface area (Å²) in [7, 11) is 0. The van der Waals surface area contributed by atoms with Gasteiger partial charge in [-0.2, -0.15) is 0 Å². The highest BCUT2D eigenvalue weighted by Crippen LogP contribution is 2.35. The lowest BCUT2D eigenvalue weighted by Gasteiger charge is -2.14. The molecular weight excluding hydrogens is 136 g/mol. The lowest BCUT2D eigenvalue weighted by Crippen LogP contribution is -2.27. The highest BCUT2D eigenvalue weighted by atomic mass is 32.2. The standard InChI is InChI=1S/C6H8O2S/c1-6(5(7)8)3-2-4-9-6/h2,4H,3H2,1H3,(H,7,8). The predicted octanol–water partition coefficient (Wildman–Crippen LogP) is 1.48. The van der Waals surface area contributed by atoms with Gasteiger partial charge in [0.2, 0.25) is 0 Å². The molecule has 1 N–H and O–H groups in total. The topological polar surface area (TPSA) is 37.3 Å². The molecule has 0 fully saturated rings. The first-order valence-corrected chi connectivity index (χ1v) is 3.59. The maximum absolute atomic E-state index is 10.5. The fraction of sp³-hybridized carbons (Fsp3) is 0.500. The normalized spacial score (nSPS) is 33.0. The average molecular weight is 144 g/mol. The second-order valence-electron chi connectivity index (χ2n) is 2.23. The van der Waals surface area contributed by atoms with Crippen molar-refractivity contribution in [1.82, 2.24) is 0 Å². The van der Waals surface area contributed by atoms with Gasteiger partial charge in [-0.05, 0) is 18.8 Å². The maximum atomic E-state index is 10.5. The minimum Gasteiger partial charge on any atom is -0.480 e. The number of hydrogen-bond acceptors (Lipinski definition) is 2. The van der Waals surface area contributed by atoms with Crippen LogP contribution in [0.5, 0.6) is 0 Å². The van der Waals surface area contributed by atoms with Gasteiger partial charge in [-0.3, -0.25) is 4.79 Å². The van der Waals surface area contributed by atoms with Gasteiger partial charge in [0.25, 0.3) is 0 Å². The van der Waals surface area contributed by atoms with Gasteiger partial charge in [-0.1, -0.05) is 6.08 Å². The zero-order valence-electron chi connectivity index (χ0n) is 5.13. The predicted molar refractivity (Wildman–Crippen MR) is 37.4 cm³/mol. The number of carboxylic acid groups (broad SMARTS) is 1. The fourth-order valence-corrected chi connectivity index (χ4v) is 1.44. The Bertz CT molecular complexity index is 154. The van der Waals surface area contributed by atoms with Crippen molar-refractivity contribution in [3.63, 3.8) is 0 Å². The molecule has 1 heterocycles. The fourth-order valence-electron chi connectivity index (χ4n) is 0.657. The summed E-state index contributed by atoms with van der Waals surface area (Å²) >= 11 is 1.37. The second-order valence-corrected chi connectivity index (χ2v) is 3.64. The van der Waals surface area contributed by atoms with Crippen molar-refractivity contribution in [2.24, 2.45) is 0 Å². The smallest absolute Gasteiger partial charge is 0.320 e. The number of hydrogen-bond donors (Lipinski definition) is 1. The second kappa shape index (κ2) is 2.06. The van der Waals surface area contributed by atoms with Crippen LogP contribution in [0.1, 0.15) is 13.3 Å². The summed E-state index contributed by atoms with van der Waals surface area (Å²) in [6, 6.07) is 0. The Morgan fingerprint density at radius 2 is 2.56 bits per heavy atom. The van der Waals surface area contributed by atoms with E-state index in [9.17, 15) is 4.79 Å². The average Bonchev–Trinajstić information content (AvgIpc) is 2.16. The van der Waals surface area contributed by atoms with E-state index in [2.05, 4.69) is 0 Å². The zero-order valence-corrected chi connectivity index (χ0v) is 5.94. The van der Waals surface area contributed by atoms with Crippen LogP contribution in [0.15, 0.2) is 11.5 Å². The molecule has 9 heavy (non-hydrogen) atoms. The van der Waals surface area contributed by atoms with Crippen molar-refractivity contribution in [2.45, 2.75) is 18.1 Å². The summed E-state index contributed by atoms with van der Waals surface area (Å²) in [5.74, 6) is -0.725. The van der Waals surface area contributed by atoms with Crippen LogP contribution in [0, 0.1) is 0 Å². The molecule has 0 aliphatic carbocycles. The van der Waals surface area contributed by atoms with Crippen molar-refractivity contribution in [1.29, 1.82) is 0 Å². The van der Waals surface area contributed by atoms with Crippen LogP contribution in [0.25, 0.3) is 0 Å². The Balaban J connectivity index is 2.66. The monoisotopic (exact) mass is 144 g/mol. The molecule has 2 nitrogen and oxygen atoms in total. The third kappa shape index (κ3) is 1.10. The van der Waals surface area contributed by atoms with Crippen LogP contribution in [-0.2, 0) is 4.79 Å². The first-order chi connectivity index (χ1) is 4.15. The maximum Gasteiger partial charge on any atom is 0.320 e. The van der Waals surface area contributed by atoms with Crippen LogP contribution >= 0.6 is 11.8 Å². The van der Waals surface area contributed by atoms with Crippen molar-refractivity contribution >= 4 is 17.7 Å². The van der Waals surface area contributed by atoms with Gasteiger partial charge in [0, 0.05) is 0 Å². The summed E-state index contributed by atoms with van der Waals surface area (Å²) in [5.41, 5.74) is 0. The Kier molecular flexibility index (Phi) is 1.53. The quantitative estimate of drug-likeness (QED) is 0.605. The SMILES string of the molecule is CC1(C(=O)O)CC=CS1. The van der Waals surface area contributed by atoms with Gasteiger partial charge in [-0.25, -0.2) is 0 Å². The minimum atomic E-state index is -0.725. The molecule has 0 amide bonds. The molecule has 0 aromatic rings. The Morgan fingerprint density at radius 1 is 1.89 bits per heavy atom. The molecule has 0 radical (unpaired) electrons. The van der Waals surface area contributed by atoms with Gasteiger partial charge in [-0.15, -0.1) is 11.8 Å². The summed E-state index contributed by atoms with van der Waals surface area (Å²) in [5, 5.41) is 10.5. The molecule has 0 aromatic carbocycles. The van der Waals surface area contributed by atoms with E-state index in [1.807, 2.05) is 11.5 Å². The van der Waals surface area contributed by atoms with E-state index in [1.165, 1.54) is 11.8 Å². The molecule has 1 rings (SSSR count). The number of carbonyl (C=O) groups is 1. The molecule has 0 bridgehead atoms. The number of aliphatic carboxylic acids is 1. The lowest BCUT2D eigenvalue weighted by atomic mass is 10.1. The van der Waals surface area contributed by atoms with E-state index in [4.69, 9.17) is 5.11 Å². The molecular formula is C6H8O2S. The molecule has 50 valence electrons. The van der Waals surface area contributed by atoms with E-state index in [-0.39, 0.29) is 0 Å². The highest BCUT2D eigenvalue weighted by molar-refractivity contribution is 8.04. The molecule has 1 aliphatic heterocycles. The largest absolute Gasteiger partial charge is 0.480 e. The summed E-state index contributed by atoms with van der Waals surface area (Å²) in [6.07, 6.45) is 2.53. The number of carboxylic acids is 1. The number of allylic oxidation sites excluding steroid dienone is 1. The molecule has 0 spiro atoms. The molecule has 0 aromatic heterocycles. The van der Waals surface area contributed by atoms with Gasteiger partial charge in [0.15, 0.2) is 0 Å². The number of rotatable bonds is 1. The lowest BCUT2D eigenvalue weighted by molar-refractivity contribution is -0.139. The van der Waals surface area contributed by atoms with E-state index >= 15 is 0 Å². The van der Waals surface area contributed by atoms with E-state index in [0.717, 1.165) is 0 Å². The van der Waals surface area contributed by atoms with Gasteiger partial charge < -0.3 is 5.11 Å². The van der Waals surface area contributed by atoms with Crippen LogP contribution in [0.2, 0.25) is 0 Å². The molecule has 0 saturated carbocycles. The first kappa shape index (κ1) is 6.68. The van der Waals surface area contributed by atoms with Crippen molar-refractivity contribution in [3.8, 4) is 0 Å². The van der Waals surface area contributed by atoms with E-state index in [0.29, 0.717) is 6.42 Å². The molecule has 3 heteroatoms. The van der Waals surface area contributed by atoms with Crippen molar-refractivity contribution in [3.05, 3.63) is 11.5 Å². The van der Waals surface area contributed by atoms with E-state index < -0.39 is 10.7 Å². The summed E-state index contributed by atoms with van der Waals surface area (Å²) < 4.78 is -0.583. The Morgan fingerprint density at radius 3 is 2.78 bits per heavy atom. The van der Waals surface area contributed by atoms with Crippen LogP contribution in [0.4, 0.5) is 0 Å². The third-order valence-corrected chi connectivity index (χ3v) is 2.57. The summed E-state index contributed by atoms with van der Waals surface area (Å²) in [6.45, 7) is 1.74. The highest BCUT2D eigenvalue weighted by Gasteiger charge is 2.34. The van der Waals surface area contributed by atoms with Crippen LogP contribution < -0.4 is 0 Å². The van der Waals surface area contributed by atoms with Gasteiger partial charge in [0.05, 0.1) is 0 Å².